The van der Waals surface area contributed by atoms with Gasteiger partial charge >= 0.3 is 0 Å². The zero-order valence-electron chi connectivity index (χ0n) is 21.6. The molecule has 38 heavy (non-hydrogen) atoms. The standard InChI is InChI=1S/C31H30N4O3/c1-3-38-25-14-12-23(13-15-25)28-16-17-29(33-32-28)34-18-20-35(21-19-34)31(37)27-7-5-4-6-26(27)30(36)24-10-8-22(2)9-11-24/h4-17H,3,18-21H2,1-2H3. The van der Waals surface area contributed by atoms with Crippen LogP contribution in [0.1, 0.15) is 38.8 Å². The van der Waals surface area contributed by atoms with Crippen LogP contribution in [0.4, 0.5) is 5.82 Å². The molecule has 0 N–H and O–H groups in total. The molecule has 1 aliphatic rings. The van der Waals surface area contributed by atoms with Crippen molar-refractivity contribution in [2.45, 2.75) is 13.8 Å². The second-order valence-electron chi connectivity index (χ2n) is 9.25. The third kappa shape index (κ3) is 5.42. The Labute approximate surface area is 222 Å². The van der Waals surface area contributed by atoms with Gasteiger partial charge in [-0.3, -0.25) is 9.59 Å². The van der Waals surface area contributed by atoms with Crippen LogP contribution < -0.4 is 9.64 Å². The van der Waals surface area contributed by atoms with Crippen LogP contribution in [-0.2, 0) is 0 Å². The van der Waals surface area contributed by atoms with Gasteiger partial charge in [0.2, 0.25) is 0 Å². The smallest absolute Gasteiger partial charge is 0.254 e. The Morgan fingerprint density at radius 2 is 1.47 bits per heavy atom. The number of benzene rings is 3. The number of rotatable bonds is 7. The van der Waals surface area contributed by atoms with Gasteiger partial charge in [-0.15, -0.1) is 10.2 Å². The molecule has 1 fully saturated rings. The predicted molar refractivity (Wildman–Crippen MR) is 148 cm³/mol. The highest BCUT2D eigenvalue weighted by Crippen LogP contribution is 2.23. The Hall–Kier alpha value is -4.52. The molecule has 4 aromatic rings. The third-order valence-corrected chi connectivity index (χ3v) is 6.72. The molecule has 1 aromatic heterocycles. The molecule has 0 saturated carbocycles. The van der Waals surface area contributed by atoms with Crippen LogP contribution in [-0.4, -0.2) is 59.6 Å². The number of piperazine rings is 1. The second-order valence-corrected chi connectivity index (χ2v) is 9.25. The van der Waals surface area contributed by atoms with Crippen LogP contribution in [0.3, 0.4) is 0 Å². The highest BCUT2D eigenvalue weighted by molar-refractivity contribution is 6.15. The number of hydrogen-bond acceptors (Lipinski definition) is 6. The fraction of sp³-hybridized carbons (Fsp3) is 0.226. The van der Waals surface area contributed by atoms with Gasteiger partial charge < -0.3 is 14.5 Å². The maximum Gasteiger partial charge on any atom is 0.254 e. The van der Waals surface area contributed by atoms with Crippen LogP contribution in [0.2, 0.25) is 0 Å². The van der Waals surface area contributed by atoms with Gasteiger partial charge in [-0.1, -0.05) is 48.0 Å². The van der Waals surface area contributed by atoms with Crippen LogP contribution in [0, 0.1) is 6.92 Å². The Balaban J connectivity index is 1.24. The lowest BCUT2D eigenvalue weighted by Gasteiger charge is -2.35. The molecule has 0 bridgehead atoms. The number of aromatic nitrogens is 2. The monoisotopic (exact) mass is 506 g/mol. The molecular formula is C31H30N4O3. The van der Waals surface area contributed by atoms with E-state index in [2.05, 4.69) is 15.1 Å². The van der Waals surface area contributed by atoms with Crippen LogP contribution in [0.15, 0.2) is 84.9 Å². The van der Waals surface area contributed by atoms with E-state index in [-0.39, 0.29) is 11.7 Å². The first kappa shape index (κ1) is 25.1. The average Bonchev–Trinajstić information content (AvgIpc) is 2.98. The fourth-order valence-electron chi connectivity index (χ4n) is 4.57. The van der Waals surface area contributed by atoms with Crippen molar-refractivity contribution in [2.24, 2.45) is 0 Å². The highest BCUT2D eigenvalue weighted by Gasteiger charge is 2.26. The summed E-state index contributed by atoms with van der Waals surface area (Å²) >= 11 is 0. The molecular weight excluding hydrogens is 476 g/mol. The van der Waals surface area contributed by atoms with E-state index in [0.717, 1.165) is 28.4 Å². The number of ketones is 1. The summed E-state index contributed by atoms with van der Waals surface area (Å²) in [6, 6.07) is 26.2. The van der Waals surface area contributed by atoms with Crippen molar-refractivity contribution in [3.63, 3.8) is 0 Å². The topological polar surface area (TPSA) is 75.6 Å². The quantitative estimate of drug-likeness (QED) is 0.327. The first-order chi connectivity index (χ1) is 18.5. The lowest BCUT2D eigenvalue weighted by atomic mass is 9.97. The van der Waals surface area contributed by atoms with E-state index in [4.69, 9.17) is 4.74 Å². The number of anilines is 1. The van der Waals surface area contributed by atoms with E-state index in [0.29, 0.717) is 49.5 Å². The molecule has 7 nitrogen and oxygen atoms in total. The highest BCUT2D eigenvalue weighted by atomic mass is 16.5. The Morgan fingerprint density at radius 1 is 0.789 bits per heavy atom. The van der Waals surface area contributed by atoms with Crippen molar-refractivity contribution < 1.29 is 14.3 Å². The molecule has 1 aliphatic heterocycles. The summed E-state index contributed by atoms with van der Waals surface area (Å²) in [4.78, 5) is 30.5. The predicted octanol–water partition coefficient (Wildman–Crippen LogP) is 5.04. The van der Waals surface area contributed by atoms with Gasteiger partial charge in [0.1, 0.15) is 5.75 Å². The van der Waals surface area contributed by atoms with Gasteiger partial charge in [0.15, 0.2) is 11.6 Å². The zero-order chi connectivity index (χ0) is 26.5. The van der Waals surface area contributed by atoms with Gasteiger partial charge in [-0.05, 0) is 56.3 Å². The number of aryl methyl sites for hydroxylation is 1. The minimum Gasteiger partial charge on any atom is -0.494 e. The van der Waals surface area contributed by atoms with E-state index in [9.17, 15) is 9.59 Å². The average molecular weight is 507 g/mol. The second kappa shape index (κ2) is 11.3. The summed E-state index contributed by atoms with van der Waals surface area (Å²) in [6.45, 7) is 6.91. The van der Waals surface area contributed by atoms with Gasteiger partial charge in [0.05, 0.1) is 17.9 Å². The van der Waals surface area contributed by atoms with E-state index in [1.165, 1.54) is 0 Å². The molecule has 0 radical (unpaired) electrons. The molecule has 0 unspecified atom stereocenters. The summed E-state index contributed by atoms with van der Waals surface area (Å²) in [5.74, 6) is 1.34. The van der Waals surface area contributed by atoms with Crippen molar-refractivity contribution in [1.29, 1.82) is 0 Å². The third-order valence-electron chi connectivity index (χ3n) is 6.72. The number of amides is 1. The molecule has 3 aromatic carbocycles. The summed E-state index contributed by atoms with van der Waals surface area (Å²) in [5, 5.41) is 8.86. The first-order valence-electron chi connectivity index (χ1n) is 12.8. The first-order valence-corrected chi connectivity index (χ1v) is 12.8. The number of hydrogen-bond donors (Lipinski definition) is 0. The maximum absolute atomic E-state index is 13.4. The van der Waals surface area contributed by atoms with Crippen molar-refractivity contribution in [2.75, 3.05) is 37.7 Å². The fourth-order valence-corrected chi connectivity index (χ4v) is 4.57. The van der Waals surface area contributed by atoms with Crippen molar-refractivity contribution in [3.05, 3.63) is 107 Å². The van der Waals surface area contributed by atoms with Crippen molar-refractivity contribution >= 4 is 17.5 Å². The van der Waals surface area contributed by atoms with Crippen molar-refractivity contribution in [1.82, 2.24) is 15.1 Å². The minimum atomic E-state index is -0.143. The summed E-state index contributed by atoms with van der Waals surface area (Å²) in [7, 11) is 0. The molecule has 2 heterocycles. The summed E-state index contributed by atoms with van der Waals surface area (Å²) < 4.78 is 5.50. The molecule has 1 amide bonds. The molecule has 0 aliphatic carbocycles. The SMILES string of the molecule is CCOc1ccc(-c2ccc(N3CCN(C(=O)c4ccccc4C(=O)c4ccc(C)cc4)CC3)nn2)cc1. The molecule has 5 rings (SSSR count). The van der Waals surface area contributed by atoms with Gasteiger partial charge in [-0.25, -0.2) is 0 Å². The van der Waals surface area contributed by atoms with Gasteiger partial charge in [-0.2, -0.15) is 0 Å². The molecule has 0 atom stereocenters. The summed E-state index contributed by atoms with van der Waals surface area (Å²) in [6.07, 6.45) is 0. The maximum atomic E-state index is 13.4. The Morgan fingerprint density at radius 3 is 2.11 bits per heavy atom. The largest absolute Gasteiger partial charge is 0.494 e. The minimum absolute atomic E-state index is 0.127. The number of nitrogens with zero attached hydrogens (tertiary/aromatic N) is 4. The Bertz CT molecular complexity index is 1410. The van der Waals surface area contributed by atoms with E-state index >= 15 is 0 Å². The van der Waals surface area contributed by atoms with Gasteiger partial charge in [0.25, 0.3) is 5.91 Å². The lowest BCUT2D eigenvalue weighted by molar-refractivity contribution is 0.0742. The summed E-state index contributed by atoms with van der Waals surface area (Å²) in [5.41, 5.74) is 4.29. The van der Waals surface area contributed by atoms with Crippen molar-refractivity contribution in [3.8, 4) is 17.0 Å². The van der Waals surface area contributed by atoms with Crippen LogP contribution >= 0.6 is 0 Å². The lowest BCUT2D eigenvalue weighted by Crippen LogP contribution is -2.49. The van der Waals surface area contributed by atoms with E-state index in [1.807, 2.05) is 62.4 Å². The number of carbonyl (C=O) groups excluding carboxylic acids is 2. The molecule has 7 heteroatoms. The van der Waals surface area contributed by atoms with E-state index < -0.39 is 0 Å². The Kier molecular flexibility index (Phi) is 7.45. The van der Waals surface area contributed by atoms with Crippen LogP contribution in [0.5, 0.6) is 5.75 Å². The number of carbonyl (C=O) groups is 2. The number of ether oxygens (including phenoxy) is 1. The molecule has 192 valence electrons. The van der Waals surface area contributed by atoms with Crippen LogP contribution in [0.25, 0.3) is 11.3 Å². The van der Waals surface area contributed by atoms with E-state index in [1.54, 1.807) is 41.3 Å². The zero-order valence-corrected chi connectivity index (χ0v) is 21.6. The van der Waals surface area contributed by atoms with Gasteiger partial charge in [0, 0.05) is 42.9 Å². The normalized spacial score (nSPS) is 13.3. The molecule has 0 spiro atoms. The molecule has 1 saturated heterocycles.